The Kier molecular flexibility index (Phi) is 5.25. The first-order valence-electron chi connectivity index (χ1n) is 11.2. The zero-order chi connectivity index (χ0) is 21.8. The van der Waals surface area contributed by atoms with E-state index in [1.807, 2.05) is 12.1 Å². The second-order valence-electron chi connectivity index (χ2n) is 10.2. The smallest absolute Gasteiger partial charge is 0.133 e. The summed E-state index contributed by atoms with van der Waals surface area (Å²) in [5, 5.41) is 1.16. The second kappa shape index (κ2) is 7.82. The SMILES string of the molecule is CC(C)(C)Cn1cc(CNS(=O)C2CC2)c2cc(F)c(-c3ncccc3C3CC3)cc21. The topological polar surface area (TPSA) is 46.9 Å². The summed E-state index contributed by atoms with van der Waals surface area (Å²) in [5.41, 5.74) is 4.56. The van der Waals surface area contributed by atoms with Crippen molar-refractivity contribution < 1.29 is 8.60 Å². The molecule has 0 spiro atoms. The van der Waals surface area contributed by atoms with Gasteiger partial charge in [-0.15, -0.1) is 0 Å². The van der Waals surface area contributed by atoms with Crippen molar-refractivity contribution in [3.8, 4) is 11.3 Å². The van der Waals surface area contributed by atoms with Crippen LogP contribution in [-0.2, 0) is 24.1 Å². The Morgan fingerprint density at radius 2 is 2.00 bits per heavy atom. The van der Waals surface area contributed by atoms with Crippen LogP contribution in [0.5, 0.6) is 0 Å². The van der Waals surface area contributed by atoms with Crippen LogP contribution in [0.15, 0.2) is 36.7 Å². The summed E-state index contributed by atoms with van der Waals surface area (Å²) in [5.74, 6) is 0.253. The lowest BCUT2D eigenvalue weighted by atomic mass is 9.96. The maximum atomic E-state index is 15.4. The molecule has 6 heteroatoms. The van der Waals surface area contributed by atoms with Gasteiger partial charge < -0.3 is 4.57 Å². The molecular weight excluding hydrogens is 409 g/mol. The number of hydrogen-bond donors (Lipinski definition) is 1. The lowest BCUT2D eigenvalue weighted by molar-refractivity contribution is 0.349. The average Bonchev–Trinajstić information content (AvgIpc) is 3.62. The normalized spacial score (nSPS) is 17.9. The summed E-state index contributed by atoms with van der Waals surface area (Å²) < 4.78 is 33.0. The number of aromatic nitrogens is 2. The maximum absolute atomic E-state index is 15.4. The number of hydrogen-bond acceptors (Lipinski definition) is 2. The van der Waals surface area contributed by atoms with Gasteiger partial charge in [0, 0.05) is 47.2 Å². The van der Waals surface area contributed by atoms with Gasteiger partial charge in [-0.2, -0.15) is 0 Å². The lowest BCUT2D eigenvalue weighted by Gasteiger charge is -2.20. The number of halogens is 1. The van der Waals surface area contributed by atoms with Crippen LogP contribution in [0.25, 0.3) is 22.2 Å². The number of nitrogens with zero attached hydrogens (tertiary/aromatic N) is 2. The van der Waals surface area contributed by atoms with Crippen LogP contribution in [-0.4, -0.2) is 19.0 Å². The van der Waals surface area contributed by atoms with Gasteiger partial charge in [-0.25, -0.2) is 13.3 Å². The largest absolute Gasteiger partial charge is 0.347 e. The fourth-order valence-electron chi connectivity index (χ4n) is 4.26. The molecule has 5 rings (SSSR count). The number of pyridine rings is 1. The quantitative estimate of drug-likeness (QED) is 0.515. The number of rotatable bonds is 7. The summed E-state index contributed by atoms with van der Waals surface area (Å²) in [6.45, 7) is 7.90. The van der Waals surface area contributed by atoms with Gasteiger partial charge in [0.25, 0.3) is 0 Å². The molecule has 1 unspecified atom stereocenters. The van der Waals surface area contributed by atoms with Crippen molar-refractivity contribution in [2.45, 2.75) is 70.7 Å². The summed E-state index contributed by atoms with van der Waals surface area (Å²) in [6.07, 6.45) is 8.19. The Morgan fingerprint density at radius 1 is 1.23 bits per heavy atom. The molecule has 2 heterocycles. The highest BCUT2D eigenvalue weighted by atomic mass is 32.2. The standard InChI is InChI=1S/C25H30FN3OS/c1-25(2,3)15-29-14-17(13-28-31(30)18-8-9-18)20-11-22(26)21(12-23(20)29)24-19(16-6-7-16)5-4-10-27-24/h4-5,10-12,14,16,18,28H,6-9,13,15H2,1-3H3. The second-order valence-corrected chi connectivity index (χ2v) is 11.8. The molecule has 2 aliphatic rings. The van der Waals surface area contributed by atoms with E-state index in [1.165, 1.54) is 0 Å². The zero-order valence-corrected chi connectivity index (χ0v) is 19.3. The third-order valence-corrected chi connectivity index (χ3v) is 7.55. The van der Waals surface area contributed by atoms with Crippen molar-refractivity contribution in [2.24, 2.45) is 5.41 Å². The van der Waals surface area contributed by atoms with E-state index >= 15 is 4.39 Å². The van der Waals surface area contributed by atoms with Gasteiger partial charge in [0.15, 0.2) is 0 Å². The van der Waals surface area contributed by atoms with Crippen LogP contribution in [0.2, 0.25) is 0 Å². The summed E-state index contributed by atoms with van der Waals surface area (Å²) in [6, 6.07) is 7.64. The van der Waals surface area contributed by atoms with Gasteiger partial charge in [0.2, 0.25) is 0 Å². The number of fused-ring (bicyclic) bond motifs is 1. The zero-order valence-electron chi connectivity index (χ0n) is 18.5. The van der Waals surface area contributed by atoms with E-state index in [-0.39, 0.29) is 16.5 Å². The van der Waals surface area contributed by atoms with Crippen LogP contribution < -0.4 is 4.72 Å². The van der Waals surface area contributed by atoms with E-state index in [2.05, 4.69) is 47.3 Å². The molecule has 2 aliphatic carbocycles. The molecule has 1 atom stereocenters. The van der Waals surface area contributed by atoms with E-state index < -0.39 is 11.0 Å². The third kappa shape index (κ3) is 4.46. The molecule has 0 saturated heterocycles. The van der Waals surface area contributed by atoms with Crippen LogP contribution in [0.4, 0.5) is 4.39 Å². The Morgan fingerprint density at radius 3 is 2.68 bits per heavy atom. The molecule has 2 saturated carbocycles. The first-order chi connectivity index (χ1) is 14.8. The summed E-state index contributed by atoms with van der Waals surface area (Å²) in [7, 11) is -1.02. The van der Waals surface area contributed by atoms with Gasteiger partial charge in [0.1, 0.15) is 5.82 Å². The minimum absolute atomic E-state index is 0.0756. The van der Waals surface area contributed by atoms with Crippen LogP contribution in [0.1, 0.15) is 63.5 Å². The third-order valence-electron chi connectivity index (χ3n) is 6.04. The lowest BCUT2D eigenvalue weighted by Crippen LogP contribution is -2.19. The monoisotopic (exact) mass is 439 g/mol. The van der Waals surface area contributed by atoms with Crippen molar-refractivity contribution >= 4 is 21.9 Å². The summed E-state index contributed by atoms with van der Waals surface area (Å²) in [4.78, 5) is 4.57. The predicted molar refractivity (Wildman–Crippen MR) is 125 cm³/mol. The minimum Gasteiger partial charge on any atom is -0.347 e. The molecule has 0 radical (unpaired) electrons. The van der Waals surface area contributed by atoms with Crippen molar-refractivity contribution in [3.05, 3.63) is 53.6 Å². The van der Waals surface area contributed by atoms with E-state index in [0.717, 1.165) is 60.0 Å². The van der Waals surface area contributed by atoms with Gasteiger partial charge in [-0.05, 0) is 66.3 Å². The van der Waals surface area contributed by atoms with E-state index in [1.54, 1.807) is 12.3 Å². The highest BCUT2D eigenvalue weighted by molar-refractivity contribution is 7.83. The molecule has 0 amide bonds. The molecule has 4 nitrogen and oxygen atoms in total. The molecule has 0 aliphatic heterocycles. The van der Waals surface area contributed by atoms with Gasteiger partial charge in [-0.3, -0.25) is 4.98 Å². The highest BCUT2D eigenvalue weighted by Gasteiger charge is 2.29. The number of nitrogens with one attached hydrogen (secondary N) is 1. The van der Waals surface area contributed by atoms with E-state index in [0.29, 0.717) is 18.0 Å². The van der Waals surface area contributed by atoms with E-state index in [9.17, 15) is 4.21 Å². The Balaban J connectivity index is 1.59. The molecule has 0 bridgehead atoms. The van der Waals surface area contributed by atoms with Crippen molar-refractivity contribution in [1.82, 2.24) is 14.3 Å². The van der Waals surface area contributed by atoms with Crippen molar-refractivity contribution in [2.75, 3.05) is 0 Å². The first-order valence-corrected chi connectivity index (χ1v) is 12.4. The first kappa shape index (κ1) is 20.8. The minimum atomic E-state index is -1.02. The van der Waals surface area contributed by atoms with Gasteiger partial charge in [-0.1, -0.05) is 26.8 Å². The van der Waals surface area contributed by atoms with Crippen molar-refractivity contribution in [1.29, 1.82) is 0 Å². The maximum Gasteiger partial charge on any atom is 0.133 e. The highest BCUT2D eigenvalue weighted by Crippen LogP contribution is 2.44. The Labute approximate surface area is 185 Å². The van der Waals surface area contributed by atoms with Gasteiger partial charge in [0.05, 0.1) is 16.7 Å². The average molecular weight is 440 g/mol. The fraction of sp³-hybridized carbons (Fsp3) is 0.480. The Bertz CT molecular complexity index is 1160. The fourth-order valence-corrected chi connectivity index (χ4v) is 5.36. The molecule has 3 aromatic rings. The van der Waals surface area contributed by atoms with Gasteiger partial charge >= 0.3 is 0 Å². The summed E-state index contributed by atoms with van der Waals surface area (Å²) >= 11 is 0. The molecule has 1 N–H and O–H groups in total. The molecule has 2 aromatic heterocycles. The van der Waals surface area contributed by atoms with Crippen LogP contribution >= 0.6 is 0 Å². The number of benzene rings is 1. The Hall–Kier alpha value is -2.05. The molecule has 164 valence electrons. The molecule has 31 heavy (non-hydrogen) atoms. The predicted octanol–water partition coefficient (Wildman–Crippen LogP) is 5.68. The molecule has 2 fully saturated rings. The van der Waals surface area contributed by atoms with Crippen LogP contribution in [0.3, 0.4) is 0 Å². The van der Waals surface area contributed by atoms with Crippen molar-refractivity contribution in [3.63, 3.8) is 0 Å². The molecule has 1 aromatic carbocycles. The van der Waals surface area contributed by atoms with E-state index in [4.69, 9.17) is 0 Å². The van der Waals surface area contributed by atoms with Crippen LogP contribution in [0, 0.1) is 11.2 Å². The molecular formula is C25H30FN3OS.